The van der Waals surface area contributed by atoms with Gasteiger partial charge in [-0.25, -0.2) is 0 Å². The highest BCUT2D eigenvalue weighted by Gasteiger charge is 2.56. The Morgan fingerprint density at radius 1 is 0.463 bits per heavy atom. The zero-order valence-corrected chi connectivity index (χ0v) is 18.2. The fourth-order valence-electron chi connectivity index (χ4n) is 3.27. The first-order chi connectivity index (χ1) is 18.2. The maximum atomic E-state index is 13.4. The average molecular weight is 622 g/mol. The molecule has 25 heteroatoms. The van der Waals surface area contributed by atoms with Gasteiger partial charge in [0.15, 0.2) is 11.1 Å². The summed E-state index contributed by atoms with van der Waals surface area (Å²) in [5.41, 5.74) is -24.5. The number of halogens is 12. The quantitative estimate of drug-likeness (QED) is 0.183. The lowest BCUT2D eigenvalue weighted by atomic mass is 10.0. The van der Waals surface area contributed by atoms with Gasteiger partial charge in [-0.3, -0.25) is 40.5 Å². The van der Waals surface area contributed by atoms with Crippen LogP contribution in [0, 0.1) is 40.5 Å². The molecule has 0 saturated carbocycles. The van der Waals surface area contributed by atoms with Crippen molar-refractivity contribution in [3.63, 3.8) is 0 Å². The molecule has 0 N–H and O–H groups in total. The predicted octanol–water partition coefficient (Wildman–Crippen LogP) is 7.19. The van der Waals surface area contributed by atoms with Gasteiger partial charge in [-0.15, -0.1) is 0 Å². The molecule has 0 spiro atoms. The molecule has 0 amide bonds. The van der Waals surface area contributed by atoms with Crippen molar-refractivity contribution < 1.29 is 77.1 Å². The molecule has 0 saturated heterocycles. The number of benzene rings is 2. The standard InChI is InChI=1S/C16H2F12N4O9/c17-13(18,19)3-1-5(9(29(33)34)11(31(37)38)7(3)15(23,24)25)41-6-2-4(14(20,21)22)8(16(26,27)28)12(32(39)40)10(6)30(35)36/h1-2H. The maximum absolute atomic E-state index is 13.4. The highest BCUT2D eigenvalue weighted by molar-refractivity contribution is 5.73. The third kappa shape index (κ3) is 6.11. The van der Waals surface area contributed by atoms with Gasteiger partial charge in [0, 0.05) is 12.1 Å². The number of nitro benzene ring substituents is 4. The van der Waals surface area contributed by atoms with Crippen LogP contribution in [-0.2, 0) is 24.7 Å². The van der Waals surface area contributed by atoms with E-state index < -0.39 is 113 Å². The van der Waals surface area contributed by atoms with Crippen LogP contribution in [0.15, 0.2) is 12.1 Å². The molecule has 224 valence electrons. The van der Waals surface area contributed by atoms with Crippen LogP contribution in [0.2, 0.25) is 0 Å². The van der Waals surface area contributed by atoms with Gasteiger partial charge in [0.1, 0.15) is 0 Å². The zero-order chi connectivity index (χ0) is 32.2. The highest BCUT2D eigenvalue weighted by Crippen LogP contribution is 2.56. The Balaban J connectivity index is 3.29. The van der Waals surface area contributed by atoms with E-state index in [1.807, 2.05) is 0 Å². The van der Waals surface area contributed by atoms with E-state index in [1.54, 1.807) is 0 Å². The lowest BCUT2D eigenvalue weighted by Gasteiger charge is -2.19. The van der Waals surface area contributed by atoms with Crippen molar-refractivity contribution in [3.05, 3.63) is 74.8 Å². The molecular formula is C16H2F12N4O9. The number of rotatable bonds is 6. The van der Waals surface area contributed by atoms with Crippen LogP contribution in [0.4, 0.5) is 75.4 Å². The Bertz CT molecular complexity index is 1370. The van der Waals surface area contributed by atoms with Crippen LogP contribution >= 0.6 is 0 Å². The van der Waals surface area contributed by atoms with Crippen LogP contribution < -0.4 is 4.74 Å². The lowest BCUT2D eigenvalue weighted by Crippen LogP contribution is -2.21. The van der Waals surface area contributed by atoms with Gasteiger partial charge < -0.3 is 4.74 Å². The third-order valence-electron chi connectivity index (χ3n) is 4.61. The van der Waals surface area contributed by atoms with Gasteiger partial charge in [0.05, 0.1) is 30.8 Å². The number of alkyl halides is 12. The van der Waals surface area contributed by atoms with E-state index in [0.717, 1.165) is 0 Å². The van der Waals surface area contributed by atoms with Crippen molar-refractivity contribution in [2.75, 3.05) is 0 Å². The number of ether oxygens (including phenoxy) is 1. The van der Waals surface area contributed by atoms with Gasteiger partial charge in [0.25, 0.3) is 0 Å². The Labute approximate surface area is 212 Å². The summed E-state index contributed by atoms with van der Waals surface area (Å²) in [6.45, 7) is 0. The van der Waals surface area contributed by atoms with Gasteiger partial charge in [-0.2, -0.15) is 52.7 Å². The number of nitrogens with zero attached hydrogens (tertiary/aromatic N) is 4. The second-order valence-electron chi connectivity index (χ2n) is 7.11. The molecule has 0 aromatic heterocycles. The summed E-state index contributed by atoms with van der Waals surface area (Å²) in [5, 5.41) is 45.3. The first kappa shape index (κ1) is 32.2. The molecule has 41 heavy (non-hydrogen) atoms. The topological polar surface area (TPSA) is 182 Å². The Morgan fingerprint density at radius 2 is 0.707 bits per heavy atom. The van der Waals surface area contributed by atoms with Crippen LogP contribution in [-0.4, -0.2) is 19.7 Å². The van der Waals surface area contributed by atoms with E-state index in [0.29, 0.717) is 0 Å². The number of hydrogen-bond donors (Lipinski definition) is 0. The highest BCUT2D eigenvalue weighted by atomic mass is 19.4. The fourth-order valence-corrected chi connectivity index (χ4v) is 3.27. The van der Waals surface area contributed by atoms with E-state index in [4.69, 9.17) is 0 Å². The van der Waals surface area contributed by atoms with Crippen molar-refractivity contribution in [3.8, 4) is 11.5 Å². The summed E-state index contributed by atoms with van der Waals surface area (Å²) in [6.07, 6.45) is -25.5. The molecular weight excluding hydrogens is 620 g/mol. The zero-order valence-electron chi connectivity index (χ0n) is 18.2. The fraction of sp³-hybridized carbons (Fsp3) is 0.250. The summed E-state index contributed by atoms with van der Waals surface area (Å²) in [5.74, 6) is -4.99. The average Bonchev–Trinajstić information content (AvgIpc) is 2.73. The monoisotopic (exact) mass is 622 g/mol. The van der Waals surface area contributed by atoms with Crippen molar-refractivity contribution >= 4 is 22.7 Å². The first-order valence-corrected chi connectivity index (χ1v) is 9.19. The van der Waals surface area contributed by atoms with Crippen LogP contribution in [0.3, 0.4) is 0 Å². The van der Waals surface area contributed by atoms with Crippen molar-refractivity contribution in [1.29, 1.82) is 0 Å². The molecule has 0 fully saturated rings. The molecule has 2 aromatic carbocycles. The van der Waals surface area contributed by atoms with Crippen molar-refractivity contribution in [2.45, 2.75) is 24.7 Å². The molecule has 0 atom stereocenters. The first-order valence-electron chi connectivity index (χ1n) is 9.19. The lowest BCUT2D eigenvalue weighted by molar-refractivity contribution is -0.426. The van der Waals surface area contributed by atoms with Crippen molar-refractivity contribution in [2.24, 2.45) is 0 Å². The molecule has 0 aliphatic carbocycles. The van der Waals surface area contributed by atoms with Crippen LogP contribution in [0.1, 0.15) is 22.3 Å². The predicted molar refractivity (Wildman–Crippen MR) is 99.6 cm³/mol. The molecule has 0 radical (unpaired) electrons. The summed E-state index contributed by atoms with van der Waals surface area (Å²) < 4.78 is 165. The van der Waals surface area contributed by atoms with Crippen LogP contribution in [0.5, 0.6) is 11.5 Å². The number of nitro groups is 4. The van der Waals surface area contributed by atoms with Gasteiger partial charge in [0.2, 0.25) is 11.5 Å². The summed E-state index contributed by atoms with van der Waals surface area (Å²) in [4.78, 5) is 36.0. The van der Waals surface area contributed by atoms with E-state index >= 15 is 0 Å². The molecule has 0 aliphatic rings. The van der Waals surface area contributed by atoms with Crippen LogP contribution in [0.25, 0.3) is 0 Å². The molecule has 13 nitrogen and oxygen atoms in total. The third-order valence-corrected chi connectivity index (χ3v) is 4.61. The maximum Gasteiger partial charge on any atom is 0.423 e. The Kier molecular flexibility index (Phi) is 7.76. The second-order valence-corrected chi connectivity index (χ2v) is 7.11. The molecule has 0 bridgehead atoms. The van der Waals surface area contributed by atoms with Crippen molar-refractivity contribution in [1.82, 2.24) is 0 Å². The summed E-state index contributed by atoms with van der Waals surface area (Å²) in [7, 11) is 0. The second kappa shape index (κ2) is 9.88. The van der Waals surface area contributed by atoms with Gasteiger partial charge in [-0.05, 0) is 0 Å². The SMILES string of the molecule is O=[N+]([O-])c1c(Oc2cc(C(F)(F)F)c(C(F)(F)F)c([N+](=O)[O-])c2[N+](=O)[O-])cc(C(F)(F)F)c(C(F)(F)F)c1[N+](=O)[O-]. The molecule has 0 aliphatic heterocycles. The Hall–Kier alpha value is -5.00. The van der Waals surface area contributed by atoms with E-state index in [1.165, 1.54) is 0 Å². The van der Waals surface area contributed by atoms with E-state index in [-0.39, 0.29) is 0 Å². The molecule has 2 aromatic rings. The normalized spacial score (nSPS) is 12.7. The van der Waals surface area contributed by atoms with E-state index in [2.05, 4.69) is 4.74 Å². The molecule has 0 heterocycles. The summed E-state index contributed by atoms with van der Waals surface area (Å²) in [6, 6.07) is -2.15. The van der Waals surface area contributed by atoms with Gasteiger partial charge in [-0.1, -0.05) is 0 Å². The minimum Gasteiger partial charge on any atom is -0.442 e. The van der Waals surface area contributed by atoms with E-state index in [9.17, 15) is 93.1 Å². The minimum absolute atomic E-state index is 1.07. The smallest absolute Gasteiger partial charge is 0.423 e. The Morgan fingerprint density at radius 3 is 0.878 bits per heavy atom. The molecule has 0 unspecified atom stereocenters. The number of hydrogen-bond acceptors (Lipinski definition) is 9. The largest absolute Gasteiger partial charge is 0.442 e. The minimum atomic E-state index is -6.40. The summed E-state index contributed by atoms with van der Waals surface area (Å²) >= 11 is 0. The molecule has 2 rings (SSSR count). The van der Waals surface area contributed by atoms with Gasteiger partial charge >= 0.3 is 47.5 Å².